The van der Waals surface area contributed by atoms with Gasteiger partial charge in [0.2, 0.25) is 0 Å². The Labute approximate surface area is 92.6 Å². The second kappa shape index (κ2) is 4.45. The highest BCUT2D eigenvalue weighted by Gasteiger charge is 2.09. The van der Waals surface area contributed by atoms with Crippen LogP contribution in [0.15, 0.2) is 34.9 Å². The molecular formula is C12H12FNO2. The second-order valence-electron chi connectivity index (χ2n) is 3.65. The minimum Gasteiger partial charge on any atom is -0.448 e. The van der Waals surface area contributed by atoms with E-state index in [1.54, 1.807) is 19.1 Å². The molecule has 1 unspecified atom stereocenters. The number of hydrogen-bond acceptors (Lipinski definition) is 3. The highest BCUT2D eigenvalue weighted by molar-refractivity contribution is 5.19. The van der Waals surface area contributed by atoms with Crippen LogP contribution in [0.1, 0.15) is 30.2 Å². The van der Waals surface area contributed by atoms with Crippen molar-refractivity contribution in [1.82, 2.24) is 4.98 Å². The monoisotopic (exact) mass is 221 g/mol. The Morgan fingerprint density at radius 1 is 1.50 bits per heavy atom. The van der Waals surface area contributed by atoms with E-state index in [4.69, 9.17) is 4.42 Å². The summed E-state index contributed by atoms with van der Waals surface area (Å²) >= 11 is 0. The third-order valence-corrected chi connectivity index (χ3v) is 2.24. The zero-order chi connectivity index (χ0) is 11.5. The van der Waals surface area contributed by atoms with Gasteiger partial charge in [-0.25, -0.2) is 9.37 Å². The van der Waals surface area contributed by atoms with E-state index < -0.39 is 6.10 Å². The van der Waals surface area contributed by atoms with Crippen molar-refractivity contribution >= 4 is 0 Å². The van der Waals surface area contributed by atoms with Gasteiger partial charge in [-0.3, -0.25) is 0 Å². The molecule has 2 rings (SSSR count). The first-order chi connectivity index (χ1) is 7.65. The smallest absolute Gasteiger partial charge is 0.198 e. The van der Waals surface area contributed by atoms with Crippen molar-refractivity contribution in [3.05, 3.63) is 53.5 Å². The summed E-state index contributed by atoms with van der Waals surface area (Å²) in [6.07, 6.45) is 1.19. The zero-order valence-electron chi connectivity index (χ0n) is 8.85. The number of aromatic nitrogens is 1. The number of aliphatic hydroxyl groups excluding tert-OH is 1. The van der Waals surface area contributed by atoms with Gasteiger partial charge in [0.05, 0.1) is 6.10 Å². The molecule has 1 aromatic carbocycles. The molecule has 0 saturated carbocycles. The first-order valence-electron chi connectivity index (χ1n) is 5.02. The molecule has 0 fully saturated rings. The third kappa shape index (κ3) is 2.46. The molecule has 0 aliphatic carbocycles. The molecule has 3 nitrogen and oxygen atoms in total. The topological polar surface area (TPSA) is 46.3 Å². The van der Waals surface area contributed by atoms with Gasteiger partial charge in [0.25, 0.3) is 0 Å². The molecule has 0 radical (unpaired) electrons. The van der Waals surface area contributed by atoms with E-state index in [0.717, 1.165) is 5.56 Å². The van der Waals surface area contributed by atoms with Gasteiger partial charge < -0.3 is 9.52 Å². The highest BCUT2D eigenvalue weighted by atomic mass is 19.1. The molecule has 1 atom stereocenters. The largest absolute Gasteiger partial charge is 0.448 e. The number of nitrogens with zero attached hydrogens (tertiary/aromatic N) is 1. The molecule has 2 aromatic rings. The van der Waals surface area contributed by atoms with Gasteiger partial charge >= 0.3 is 0 Å². The average molecular weight is 221 g/mol. The van der Waals surface area contributed by atoms with Crippen LogP contribution in [0.2, 0.25) is 0 Å². The van der Waals surface area contributed by atoms with Gasteiger partial charge in [0.15, 0.2) is 5.89 Å². The van der Waals surface area contributed by atoms with E-state index in [0.29, 0.717) is 18.0 Å². The van der Waals surface area contributed by atoms with Gasteiger partial charge in [-0.1, -0.05) is 12.1 Å². The number of benzene rings is 1. The van der Waals surface area contributed by atoms with Crippen LogP contribution >= 0.6 is 0 Å². The van der Waals surface area contributed by atoms with Crippen molar-refractivity contribution in [3.8, 4) is 0 Å². The molecule has 0 amide bonds. The molecule has 0 bridgehead atoms. The summed E-state index contributed by atoms with van der Waals surface area (Å²) in [5.41, 5.74) is 1.28. The van der Waals surface area contributed by atoms with E-state index in [-0.39, 0.29) is 5.82 Å². The molecular weight excluding hydrogens is 209 g/mol. The van der Waals surface area contributed by atoms with Crippen molar-refractivity contribution in [3.63, 3.8) is 0 Å². The lowest BCUT2D eigenvalue weighted by molar-refractivity contribution is 0.194. The molecule has 1 aromatic heterocycles. The molecule has 0 aliphatic heterocycles. The van der Waals surface area contributed by atoms with E-state index in [1.807, 2.05) is 0 Å². The standard InChI is InChI=1S/C12H12FNO2/c1-8(15)11-7-16-12(14-11)6-9-3-2-4-10(13)5-9/h2-5,7-8,15H,6H2,1H3. The normalized spacial score (nSPS) is 12.7. The maximum atomic E-state index is 12.9. The van der Waals surface area contributed by atoms with Crippen LogP contribution in [0.3, 0.4) is 0 Å². The summed E-state index contributed by atoms with van der Waals surface area (Å²) in [5.74, 6) is 0.196. The molecule has 4 heteroatoms. The van der Waals surface area contributed by atoms with Gasteiger partial charge in [-0.15, -0.1) is 0 Å². The molecule has 0 aliphatic rings. The number of halogens is 1. The first-order valence-corrected chi connectivity index (χ1v) is 5.02. The number of aliphatic hydroxyl groups is 1. The average Bonchev–Trinajstić information content (AvgIpc) is 2.66. The molecule has 0 saturated heterocycles. The maximum absolute atomic E-state index is 12.9. The van der Waals surface area contributed by atoms with Crippen LogP contribution in [-0.4, -0.2) is 10.1 Å². The highest BCUT2D eigenvalue weighted by Crippen LogP contribution is 2.14. The molecule has 0 spiro atoms. The summed E-state index contributed by atoms with van der Waals surface area (Å²) in [7, 11) is 0. The van der Waals surface area contributed by atoms with Gasteiger partial charge in [0.1, 0.15) is 17.8 Å². The minimum absolute atomic E-state index is 0.278. The molecule has 1 heterocycles. The Morgan fingerprint density at radius 2 is 2.31 bits per heavy atom. The molecule has 84 valence electrons. The first kappa shape index (κ1) is 10.8. The lowest BCUT2D eigenvalue weighted by Gasteiger charge is -1.97. The third-order valence-electron chi connectivity index (χ3n) is 2.24. The minimum atomic E-state index is -0.648. The van der Waals surface area contributed by atoms with Gasteiger partial charge in [0, 0.05) is 6.42 Å². The fourth-order valence-corrected chi connectivity index (χ4v) is 1.42. The van der Waals surface area contributed by atoms with Gasteiger partial charge in [-0.2, -0.15) is 0 Å². The van der Waals surface area contributed by atoms with Crippen LogP contribution in [0, 0.1) is 5.82 Å². The summed E-state index contributed by atoms with van der Waals surface area (Å²) < 4.78 is 18.1. The SMILES string of the molecule is CC(O)c1coc(Cc2cccc(F)c2)n1. The molecule has 1 N–H and O–H groups in total. The van der Waals surface area contributed by atoms with Crippen LogP contribution < -0.4 is 0 Å². The Balaban J connectivity index is 2.14. The van der Waals surface area contributed by atoms with E-state index in [2.05, 4.69) is 4.98 Å². The predicted molar refractivity (Wildman–Crippen MR) is 56.3 cm³/mol. The van der Waals surface area contributed by atoms with Crippen LogP contribution in [0.4, 0.5) is 4.39 Å². The van der Waals surface area contributed by atoms with Gasteiger partial charge in [-0.05, 0) is 24.6 Å². The lowest BCUT2D eigenvalue weighted by atomic mass is 10.1. The predicted octanol–water partition coefficient (Wildman–Crippen LogP) is 2.46. The van der Waals surface area contributed by atoms with Crippen molar-refractivity contribution in [1.29, 1.82) is 0 Å². The van der Waals surface area contributed by atoms with Crippen molar-refractivity contribution < 1.29 is 13.9 Å². The summed E-state index contributed by atoms with van der Waals surface area (Å²) in [6.45, 7) is 1.61. The zero-order valence-corrected chi connectivity index (χ0v) is 8.85. The Hall–Kier alpha value is -1.68. The lowest BCUT2D eigenvalue weighted by Crippen LogP contribution is -1.93. The summed E-state index contributed by atoms with van der Waals surface area (Å²) in [4.78, 5) is 4.10. The summed E-state index contributed by atoms with van der Waals surface area (Å²) in [6, 6.07) is 6.27. The molecule has 16 heavy (non-hydrogen) atoms. The number of hydrogen-bond donors (Lipinski definition) is 1. The van der Waals surface area contributed by atoms with E-state index >= 15 is 0 Å². The number of rotatable bonds is 3. The van der Waals surface area contributed by atoms with Crippen LogP contribution in [0.25, 0.3) is 0 Å². The van der Waals surface area contributed by atoms with Crippen molar-refractivity contribution in [2.24, 2.45) is 0 Å². The van der Waals surface area contributed by atoms with E-state index in [9.17, 15) is 9.50 Å². The Bertz CT molecular complexity index is 479. The van der Waals surface area contributed by atoms with E-state index in [1.165, 1.54) is 18.4 Å². The fourth-order valence-electron chi connectivity index (χ4n) is 1.42. The summed E-state index contributed by atoms with van der Waals surface area (Å²) in [5, 5.41) is 9.26. The van der Waals surface area contributed by atoms with Crippen LogP contribution in [0.5, 0.6) is 0 Å². The fraction of sp³-hybridized carbons (Fsp3) is 0.250. The maximum Gasteiger partial charge on any atom is 0.198 e. The van der Waals surface area contributed by atoms with Crippen LogP contribution in [-0.2, 0) is 6.42 Å². The number of oxazole rings is 1. The quantitative estimate of drug-likeness (QED) is 0.865. The van der Waals surface area contributed by atoms with Crippen molar-refractivity contribution in [2.75, 3.05) is 0 Å². The Morgan fingerprint density at radius 3 is 2.94 bits per heavy atom. The second-order valence-corrected chi connectivity index (χ2v) is 3.65. The van der Waals surface area contributed by atoms with Crippen molar-refractivity contribution in [2.45, 2.75) is 19.4 Å². The Kier molecular flexibility index (Phi) is 3.01.